The van der Waals surface area contributed by atoms with Crippen LogP contribution in [0.2, 0.25) is 0 Å². The molecule has 4 N–H and O–H groups in total. The average Bonchev–Trinajstić information content (AvgIpc) is 1.74. The van der Waals surface area contributed by atoms with Crippen LogP contribution in [0.25, 0.3) is 0 Å². The second kappa shape index (κ2) is 29.3. The number of carbonyl (C=O) groups is 6. The molecular weight excluding hydrogens is 1230 g/mol. The molecule has 4 heterocycles. The van der Waals surface area contributed by atoms with Crippen LogP contribution in [0, 0.1) is 11.3 Å². The van der Waals surface area contributed by atoms with E-state index >= 15 is 0 Å². The number of imide groups is 2. The molecule has 0 aromatic heterocycles. The van der Waals surface area contributed by atoms with Crippen LogP contribution in [0.4, 0.5) is 30.2 Å². The van der Waals surface area contributed by atoms with Gasteiger partial charge < -0.3 is 25.3 Å². The van der Waals surface area contributed by atoms with Crippen molar-refractivity contribution in [1.29, 1.82) is 0 Å². The number of rotatable bonds is 26. The lowest BCUT2D eigenvalue weighted by Gasteiger charge is -2.39. The first-order valence-electron chi connectivity index (χ1n) is 31.2. The van der Waals surface area contributed by atoms with E-state index in [1.807, 2.05) is 35.1 Å². The van der Waals surface area contributed by atoms with E-state index in [1.165, 1.54) is 46.7 Å². The molecule has 3 fully saturated rings. The van der Waals surface area contributed by atoms with E-state index in [2.05, 4.69) is 58.0 Å². The van der Waals surface area contributed by atoms with Gasteiger partial charge in [-0.3, -0.25) is 43.9 Å². The van der Waals surface area contributed by atoms with E-state index in [0.717, 1.165) is 98.9 Å². The van der Waals surface area contributed by atoms with Crippen LogP contribution in [0.5, 0.6) is 0 Å². The molecule has 0 spiro atoms. The third kappa shape index (κ3) is 16.6. The van der Waals surface area contributed by atoms with E-state index in [4.69, 9.17) is 0 Å². The van der Waals surface area contributed by atoms with Crippen molar-refractivity contribution in [1.82, 2.24) is 29.6 Å². The van der Waals surface area contributed by atoms with Gasteiger partial charge >= 0.3 is 5.51 Å². The molecule has 0 radical (unpaired) electrons. The minimum atomic E-state index is -6.17. The Labute approximate surface area is 535 Å². The molecule has 0 saturated carbocycles. The Hall–Kier alpha value is -7.06. The smallest absolute Gasteiger partial charge is 0.384 e. The Morgan fingerprint density at radius 1 is 0.835 bits per heavy atom. The quantitative estimate of drug-likeness (QED) is 0.0260. The Morgan fingerprint density at radius 3 is 2.23 bits per heavy atom. The van der Waals surface area contributed by atoms with Crippen molar-refractivity contribution < 1.29 is 58.8 Å². The number of alkyl halides is 3. The number of piperidine rings is 2. The van der Waals surface area contributed by atoms with Gasteiger partial charge in [0.2, 0.25) is 17.7 Å². The summed E-state index contributed by atoms with van der Waals surface area (Å²) in [6.07, 6.45) is 8.35. The molecule has 1 aliphatic carbocycles. The summed E-state index contributed by atoms with van der Waals surface area (Å²) in [6.45, 7) is 17.5. The molecule has 6 amide bonds. The number of hydrogen-bond donors (Lipinski definition) is 4. The van der Waals surface area contributed by atoms with Crippen molar-refractivity contribution in [2.45, 2.75) is 130 Å². The van der Waals surface area contributed by atoms with Gasteiger partial charge in [-0.1, -0.05) is 69.2 Å². The highest BCUT2D eigenvalue weighted by Crippen LogP contribution is 2.43. The maximum atomic E-state index is 14.5. The maximum Gasteiger partial charge on any atom is 0.501 e. The number of nitrogens with one attached hydrogen (secondary N) is 4. The number of halogens is 3. The Morgan fingerprint density at radius 2 is 1.55 bits per heavy atom. The normalized spacial score (nSPS) is 19.0. The Balaban J connectivity index is 0.787. The molecule has 4 aliphatic heterocycles. The number of sulfone groups is 1. The third-order valence-electron chi connectivity index (χ3n) is 17.9. The first kappa shape index (κ1) is 68.3. The van der Waals surface area contributed by atoms with Crippen molar-refractivity contribution >= 4 is 84.1 Å². The van der Waals surface area contributed by atoms with E-state index in [1.54, 1.807) is 36.2 Å². The number of likely N-dealkylation sites (tertiary alicyclic amines) is 1. The summed E-state index contributed by atoms with van der Waals surface area (Å²) in [5.74, 6) is -3.55. The van der Waals surface area contributed by atoms with Gasteiger partial charge in [-0.05, 0) is 155 Å². The lowest BCUT2D eigenvalue weighted by Crippen LogP contribution is -2.54. The number of hydrogen-bond acceptors (Lipinski definition) is 16. The number of amides is 6. The molecule has 5 aliphatic rings. The molecule has 25 heteroatoms. The fourth-order valence-electron chi connectivity index (χ4n) is 12.6. The molecule has 4 aromatic carbocycles. The molecular formula is C66H82F3N9O10S3. The van der Waals surface area contributed by atoms with E-state index in [9.17, 15) is 58.8 Å². The zero-order valence-corrected chi connectivity index (χ0v) is 54.5. The van der Waals surface area contributed by atoms with Gasteiger partial charge in [-0.15, -0.1) is 11.8 Å². The second-order valence-electron chi connectivity index (χ2n) is 25.1. The fraction of sp³-hybridized carbons (Fsp3) is 0.485. The summed E-state index contributed by atoms with van der Waals surface area (Å²) in [6, 6.07) is 21.0. The number of fused-ring (bicyclic) bond motifs is 1. The highest BCUT2D eigenvalue weighted by atomic mass is 32.2. The molecule has 3 saturated heterocycles. The van der Waals surface area contributed by atoms with Crippen molar-refractivity contribution in [2.75, 3.05) is 93.8 Å². The molecule has 9 rings (SSSR count). The number of anilines is 3. The number of thioether (sulfide) groups is 1. The Bertz CT molecular complexity index is 3650. The zero-order valence-electron chi connectivity index (χ0n) is 52.0. The van der Waals surface area contributed by atoms with Gasteiger partial charge in [0.15, 0.2) is 0 Å². The SMILES string of the molecule is C=C(CCCC)C1=C(CN2CCN(c3ccc(C(=O)NS(=O)(=O)c4ccc(N[C@H](CCN5CCC(C(=O)N(C)CCCNc6cccc7c6C(=O)N(C6CCC(=O)NC6=O)C7=O)CC5)CSc5ccccc5)c(S(=O)(=O)C(F)(F)F)c4)cc3)CC2)CCC(C)(C)C1. The summed E-state index contributed by atoms with van der Waals surface area (Å²) in [7, 11) is -9.39. The lowest BCUT2D eigenvalue weighted by molar-refractivity contribution is -0.137. The van der Waals surface area contributed by atoms with Gasteiger partial charge in [0.25, 0.3) is 37.6 Å². The number of carbonyl (C=O) groups excluding carboxylic acids is 6. The van der Waals surface area contributed by atoms with Crippen LogP contribution in [-0.2, 0) is 34.2 Å². The first-order valence-corrected chi connectivity index (χ1v) is 35.2. The summed E-state index contributed by atoms with van der Waals surface area (Å²) in [5.41, 5.74) is -0.386. The van der Waals surface area contributed by atoms with Crippen molar-refractivity contribution in [3.63, 3.8) is 0 Å². The minimum Gasteiger partial charge on any atom is -0.384 e. The molecule has 4 aromatic rings. The third-order valence-corrected chi connectivity index (χ3v) is 22.0. The van der Waals surface area contributed by atoms with E-state index in [-0.39, 0.29) is 52.5 Å². The van der Waals surface area contributed by atoms with E-state index in [0.29, 0.717) is 70.2 Å². The lowest BCUT2D eigenvalue weighted by atomic mass is 9.72. The average molecular weight is 1310 g/mol. The predicted octanol–water partition coefficient (Wildman–Crippen LogP) is 9.51. The topological polar surface area (TPSA) is 235 Å². The monoisotopic (exact) mass is 1310 g/mol. The summed E-state index contributed by atoms with van der Waals surface area (Å²) < 4.78 is 99.9. The number of unbranched alkanes of at least 4 members (excludes halogenated alkanes) is 1. The van der Waals surface area contributed by atoms with Crippen molar-refractivity contribution in [3.8, 4) is 0 Å². The number of nitrogens with zero attached hydrogens (tertiary/aromatic N) is 5. The van der Waals surface area contributed by atoms with Crippen LogP contribution < -0.4 is 25.6 Å². The summed E-state index contributed by atoms with van der Waals surface area (Å²) in [4.78, 5) is 86.4. The van der Waals surface area contributed by atoms with Crippen LogP contribution in [0.3, 0.4) is 0 Å². The number of sulfonamides is 1. The minimum absolute atomic E-state index is 0.000424. The van der Waals surface area contributed by atoms with Crippen LogP contribution in [0.1, 0.15) is 129 Å². The predicted molar refractivity (Wildman–Crippen MR) is 345 cm³/mol. The molecule has 1 unspecified atom stereocenters. The van der Waals surface area contributed by atoms with Crippen LogP contribution in [0.15, 0.2) is 129 Å². The number of benzene rings is 4. The standard InChI is InChI=1S/C66H82F3N9O10S3/c1-6-7-13-44(2)53-41-65(3,4)30-26-47(53)42-76-36-38-77(39-37-76)49-20-18-45(19-21-49)60(80)73-91(87,88)51-22-23-54(57(40-51)90(85,86)66(67,68)69)71-48(43-89-50-14-9-8-10-15-50)29-35-75-33-27-46(28-34-75)62(82)74(5)32-12-31-70-55-17-11-16-52-59(55)64(84)78(63(52)83)56-24-25-58(79)72-61(56)81/h8-11,14-23,40,46,48,56,70-71H,2,6-7,12-13,24-39,41-43H2,1,3-5H3,(H,73,80)(H,72,79,81)/t48-,56?/m1/s1. The number of piperazine rings is 1. The van der Waals surface area contributed by atoms with Gasteiger partial charge in [0.1, 0.15) is 10.9 Å². The van der Waals surface area contributed by atoms with Gasteiger partial charge in [0.05, 0.1) is 21.7 Å². The molecule has 490 valence electrons. The maximum absolute atomic E-state index is 14.5. The van der Waals surface area contributed by atoms with E-state index < -0.39 is 82.5 Å². The van der Waals surface area contributed by atoms with Crippen molar-refractivity contribution in [2.24, 2.45) is 11.3 Å². The molecule has 19 nitrogen and oxygen atoms in total. The van der Waals surface area contributed by atoms with Gasteiger partial charge in [0, 0.05) is 105 Å². The highest BCUT2D eigenvalue weighted by Gasteiger charge is 2.49. The highest BCUT2D eigenvalue weighted by molar-refractivity contribution is 7.99. The number of allylic oxidation sites excluding steroid dienone is 2. The van der Waals surface area contributed by atoms with Crippen LogP contribution >= 0.6 is 11.8 Å². The summed E-state index contributed by atoms with van der Waals surface area (Å²) >= 11 is 1.40. The van der Waals surface area contributed by atoms with Gasteiger partial charge in [-0.25, -0.2) is 21.6 Å². The Kier molecular flexibility index (Phi) is 22.0. The second-order valence-corrected chi connectivity index (χ2v) is 29.8. The van der Waals surface area contributed by atoms with Crippen molar-refractivity contribution in [3.05, 3.63) is 131 Å². The largest absolute Gasteiger partial charge is 0.501 e. The zero-order chi connectivity index (χ0) is 65.4. The molecule has 2 atom stereocenters. The summed E-state index contributed by atoms with van der Waals surface area (Å²) in [5, 5.41) is 8.41. The first-order chi connectivity index (χ1) is 43.2. The molecule has 0 bridgehead atoms. The molecule has 91 heavy (non-hydrogen) atoms. The van der Waals surface area contributed by atoms with Gasteiger partial charge in [-0.2, -0.15) is 13.2 Å². The fourth-order valence-corrected chi connectivity index (χ4v) is 15.6. The van der Waals surface area contributed by atoms with Crippen LogP contribution in [-0.4, -0.2) is 168 Å².